The first-order chi connectivity index (χ1) is 12.8. The van der Waals surface area contributed by atoms with E-state index in [1.807, 2.05) is 6.92 Å². The first-order valence-corrected chi connectivity index (χ1v) is 9.36. The predicted octanol–water partition coefficient (Wildman–Crippen LogP) is 3.22. The minimum Gasteiger partial charge on any atom is -0.376 e. The predicted molar refractivity (Wildman–Crippen MR) is 98.7 cm³/mol. The van der Waals surface area contributed by atoms with Gasteiger partial charge < -0.3 is 9.26 Å². The molecule has 2 aliphatic heterocycles. The van der Waals surface area contributed by atoms with Crippen molar-refractivity contribution >= 4 is 10.8 Å². The summed E-state index contributed by atoms with van der Waals surface area (Å²) in [6.45, 7) is 5.73. The lowest BCUT2D eigenvalue weighted by molar-refractivity contribution is 0.0935. The summed E-state index contributed by atoms with van der Waals surface area (Å²) in [5.41, 5.74) is 1.40. The monoisotopic (exact) mass is 349 g/mol. The molecule has 0 unspecified atom stereocenters. The highest BCUT2D eigenvalue weighted by molar-refractivity contribution is 5.85. The van der Waals surface area contributed by atoms with Crippen LogP contribution in [0.5, 0.6) is 0 Å². The molecule has 1 aromatic heterocycles. The molecule has 26 heavy (non-hydrogen) atoms. The van der Waals surface area contributed by atoms with Gasteiger partial charge in [-0.25, -0.2) is 0 Å². The van der Waals surface area contributed by atoms with Crippen LogP contribution in [-0.2, 0) is 17.7 Å². The lowest BCUT2D eigenvalue weighted by Gasteiger charge is -2.19. The molecule has 0 bridgehead atoms. The number of likely N-dealkylation sites (tertiary alicyclic amines) is 1. The molecule has 5 heteroatoms. The first kappa shape index (κ1) is 16.0. The van der Waals surface area contributed by atoms with Gasteiger partial charge in [0, 0.05) is 32.0 Å². The molecule has 2 aliphatic rings. The van der Waals surface area contributed by atoms with Gasteiger partial charge in [0.25, 0.3) is 0 Å². The van der Waals surface area contributed by atoms with Crippen LogP contribution in [0.3, 0.4) is 0 Å². The Labute approximate surface area is 153 Å². The summed E-state index contributed by atoms with van der Waals surface area (Å²) in [7, 11) is 0. The van der Waals surface area contributed by atoms with E-state index in [1.54, 1.807) is 0 Å². The highest BCUT2D eigenvalue weighted by Crippen LogP contribution is 2.36. The van der Waals surface area contributed by atoms with Gasteiger partial charge in [-0.3, -0.25) is 4.90 Å². The topological polar surface area (TPSA) is 51.4 Å². The largest absolute Gasteiger partial charge is 0.376 e. The second-order valence-electron chi connectivity index (χ2n) is 7.57. The Hall–Kier alpha value is -2.24. The van der Waals surface area contributed by atoms with Gasteiger partial charge >= 0.3 is 0 Å². The third-order valence-electron chi connectivity index (χ3n) is 5.79. The molecule has 3 aromatic rings. The van der Waals surface area contributed by atoms with Gasteiger partial charge in [0.15, 0.2) is 5.82 Å². The third kappa shape index (κ3) is 2.91. The Kier molecular flexibility index (Phi) is 3.98. The number of aromatic nitrogens is 2. The van der Waals surface area contributed by atoms with E-state index in [0.29, 0.717) is 23.8 Å². The van der Waals surface area contributed by atoms with Crippen molar-refractivity contribution in [2.24, 2.45) is 11.8 Å². The Morgan fingerprint density at radius 1 is 1.12 bits per heavy atom. The van der Waals surface area contributed by atoms with Crippen molar-refractivity contribution in [1.29, 1.82) is 0 Å². The van der Waals surface area contributed by atoms with Crippen molar-refractivity contribution < 1.29 is 9.26 Å². The van der Waals surface area contributed by atoms with Crippen LogP contribution in [0, 0.1) is 18.8 Å². The van der Waals surface area contributed by atoms with E-state index in [0.717, 1.165) is 38.6 Å². The van der Waals surface area contributed by atoms with Crippen molar-refractivity contribution in [1.82, 2.24) is 15.0 Å². The Balaban J connectivity index is 1.29. The van der Waals surface area contributed by atoms with Crippen molar-refractivity contribution in [3.8, 4) is 0 Å². The Morgan fingerprint density at radius 2 is 2.00 bits per heavy atom. The molecule has 5 nitrogen and oxygen atoms in total. The first-order valence-electron chi connectivity index (χ1n) is 9.36. The zero-order valence-corrected chi connectivity index (χ0v) is 15.0. The highest BCUT2D eigenvalue weighted by Gasteiger charge is 2.44. The molecule has 3 atom stereocenters. The fourth-order valence-electron chi connectivity index (χ4n) is 4.54. The molecule has 0 radical (unpaired) electrons. The van der Waals surface area contributed by atoms with Crippen LogP contribution >= 0.6 is 0 Å². The van der Waals surface area contributed by atoms with Crippen molar-refractivity contribution in [2.45, 2.75) is 26.0 Å². The molecular formula is C21H23N3O2. The van der Waals surface area contributed by atoms with E-state index in [1.165, 1.54) is 16.3 Å². The summed E-state index contributed by atoms with van der Waals surface area (Å²) in [6, 6.07) is 15.2. The summed E-state index contributed by atoms with van der Waals surface area (Å²) in [5, 5.41) is 6.57. The second kappa shape index (κ2) is 6.49. The molecule has 3 heterocycles. The molecule has 0 amide bonds. The fourth-order valence-corrected chi connectivity index (χ4v) is 4.54. The van der Waals surface area contributed by atoms with E-state index in [2.05, 4.69) is 57.5 Å². The SMILES string of the molecule is Cc1noc(C[C@H]2CO[C@@H]3CN(Cc4cccc5ccccc45)C[C@H]23)n1. The normalized spacial score (nSPS) is 25.8. The molecule has 2 fully saturated rings. The number of aryl methyl sites for hydroxylation is 1. The molecule has 0 saturated carbocycles. The smallest absolute Gasteiger partial charge is 0.227 e. The van der Waals surface area contributed by atoms with E-state index in [4.69, 9.17) is 9.26 Å². The number of nitrogens with zero attached hydrogens (tertiary/aromatic N) is 3. The standard InChI is InChI=1S/C21H23N3O2/c1-14-22-21(26-23-14)9-17-13-25-20-12-24(11-19(17)20)10-16-7-4-6-15-5-2-3-8-18(15)16/h2-8,17,19-20H,9-13H2,1H3/t17-,19+,20+/m0/s1. The van der Waals surface area contributed by atoms with E-state index >= 15 is 0 Å². The zero-order chi connectivity index (χ0) is 17.5. The summed E-state index contributed by atoms with van der Waals surface area (Å²) in [6.07, 6.45) is 1.16. The number of benzene rings is 2. The third-order valence-corrected chi connectivity index (χ3v) is 5.79. The van der Waals surface area contributed by atoms with Gasteiger partial charge in [0.05, 0.1) is 12.7 Å². The maximum atomic E-state index is 6.09. The maximum Gasteiger partial charge on any atom is 0.227 e. The molecule has 2 aromatic carbocycles. The molecule has 0 N–H and O–H groups in total. The van der Waals surface area contributed by atoms with Crippen molar-refractivity contribution in [3.05, 3.63) is 59.7 Å². The van der Waals surface area contributed by atoms with Crippen LogP contribution < -0.4 is 0 Å². The molecule has 0 aliphatic carbocycles. The van der Waals surface area contributed by atoms with Gasteiger partial charge in [0.1, 0.15) is 0 Å². The van der Waals surface area contributed by atoms with Crippen LogP contribution in [0.4, 0.5) is 0 Å². The zero-order valence-electron chi connectivity index (χ0n) is 15.0. The van der Waals surface area contributed by atoms with E-state index in [9.17, 15) is 0 Å². The van der Waals surface area contributed by atoms with Gasteiger partial charge in [-0.15, -0.1) is 0 Å². The molecule has 2 saturated heterocycles. The van der Waals surface area contributed by atoms with Crippen LogP contribution in [0.1, 0.15) is 17.3 Å². The second-order valence-corrected chi connectivity index (χ2v) is 7.57. The maximum absolute atomic E-state index is 6.09. The lowest BCUT2D eigenvalue weighted by Crippen LogP contribution is -2.25. The molecule has 5 rings (SSSR count). The summed E-state index contributed by atoms with van der Waals surface area (Å²) >= 11 is 0. The Bertz CT molecular complexity index is 917. The van der Waals surface area contributed by atoms with Gasteiger partial charge in [-0.2, -0.15) is 4.98 Å². The van der Waals surface area contributed by atoms with Crippen molar-refractivity contribution in [3.63, 3.8) is 0 Å². The van der Waals surface area contributed by atoms with Crippen LogP contribution in [0.2, 0.25) is 0 Å². The quantitative estimate of drug-likeness (QED) is 0.724. The molecule has 134 valence electrons. The molecule has 0 spiro atoms. The highest BCUT2D eigenvalue weighted by atomic mass is 16.5. The summed E-state index contributed by atoms with van der Waals surface area (Å²) in [4.78, 5) is 6.89. The van der Waals surface area contributed by atoms with E-state index < -0.39 is 0 Å². The summed E-state index contributed by atoms with van der Waals surface area (Å²) < 4.78 is 11.4. The Morgan fingerprint density at radius 3 is 2.88 bits per heavy atom. The number of rotatable bonds is 4. The summed E-state index contributed by atoms with van der Waals surface area (Å²) in [5.74, 6) is 2.47. The number of ether oxygens (including phenoxy) is 1. The number of hydrogen-bond donors (Lipinski definition) is 0. The molecular weight excluding hydrogens is 326 g/mol. The van der Waals surface area contributed by atoms with Crippen LogP contribution in [0.25, 0.3) is 10.8 Å². The minimum atomic E-state index is 0.332. The van der Waals surface area contributed by atoms with Crippen LogP contribution in [-0.4, -0.2) is 40.8 Å². The van der Waals surface area contributed by atoms with Crippen LogP contribution in [0.15, 0.2) is 47.0 Å². The minimum absolute atomic E-state index is 0.332. The van der Waals surface area contributed by atoms with Gasteiger partial charge in [-0.1, -0.05) is 47.6 Å². The average Bonchev–Trinajstić information content (AvgIpc) is 3.33. The van der Waals surface area contributed by atoms with E-state index in [-0.39, 0.29) is 0 Å². The lowest BCUT2D eigenvalue weighted by atomic mass is 9.90. The van der Waals surface area contributed by atoms with Crippen molar-refractivity contribution in [2.75, 3.05) is 19.7 Å². The van der Waals surface area contributed by atoms with Gasteiger partial charge in [0.2, 0.25) is 5.89 Å². The fraction of sp³-hybridized carbons (Fsp3) is 0.429. The van der Waals surface area contributed by atoms with Gasteiger partial charge in [-0.05, 0) is 29.2 Å². The number of hydrogen-bond acceptors (Lipinski definition) is 5. The number of fused-ring (bicyclic) bond motifs is 2. The average molecular weight is 349 g/mol.